The van der Waals surface area contributed by atoms with Gasteiger partial charge in [0.15, 0.2) is 9.84 Å². The summed E-state index contributed by atoms with van der Waals surface area (Å²) in [4.78, 5) is 17.0. The molecule has 2 aromatic rings. The first-order chi connectivity index (χ1) is 10.8. The molecule has 0 amide bonds. The predicted molar refractivity (Wildman–Crippen MR) is 88.6 cm³/mol. The number of hydrogen-bond donors (Lipinski definition) is 0. The summed E-state index contributed by atoms with van der Waals surface area (Å²) in [7, 11) is -3.05. The first-order valence-corrected chi connectivity index (χ1v) is 9.02. The van der Waals surface area contributed by atoms with Crippen molar-refractivity contribution in [3.05, 3.63) is 40.1 Å². The molecule has 0 saturated carbocycles. The second kappa shape index (κ2) is 5.45. The monoisotopic (exact) mass is 335 g/mol. The summed E-state index contributed by atoms with van der Waals surface area (Å²) >= 11 is 0. The van der Waals surface area contributed by atoms with Crippen molar-refractivity contribution in [3.8, 4) is 0 Å². The van der Waals surface area contributed by atoms with Crippen molar-refractivity contribution in [3.63, 3.8) is 0 Å². The molecule has 23 heavy (non-hydrogen) atoms. The van der Waals surface area contributed by atoms with Gasteiger partial charge in [-0.2, -0.15) is 0 Å². The number of anilines is 1. The van der Waals surface area contributed by atoms with Gasteiger partial charge in [-0.3, -0.25) is 15.1 Å². The molecule has 3 rings (SSSR count). The van der Waals surface area contributed by atoms with Crippen LogP contribution in [0.2, 0.25) is 0 Å². The highest BCUT2D eigenvalue weighted by Gasteiger charge is 2.30. The molecule has 8 heteroatoms. The van der Waals surface area contributed by atoms with Crippen molar-refractivity contribution in [1.29, 1.82) is 0 Å². The number of benzene rings is 1. The lowest BCUT2D eigenvalue weighted by molar-refractivity contribution is -0.384. The van der Waals surface area contributed by atoms with E-state index in [9.17, 15) is 18.5 Å². The van der Waals surface area contributed by atoms with Gasteiger partial charge in [-0.25, -0.2) is 8.42 Å². The van der Waals surface area contributed by atoms with E-state index >= 15 is 0 Å². The van der Waals surface area contributed by atoms with E-state index in [1.54, 1.807) is 13.0 Å². The minimum atomic E-state index is -3.05. The van der Waals surface area contributed by atoms with Gasteiger partial charge in [-0.05, 0) is 26.0 Å². The first-order valence-electron chi connectivity index (χ1n) is 7.30. The van der Waals surface area contributed by atoms with E-state index in [1.807, 2.05) is 17.9 Å². The minimum absolute atomic E-state index is 0.00193. The summed E-state index contributed by atoms with van der Waals surface area (Å²) in [6.45, 7) is 4.31. The molecule has 1 aliphatic rings. The van der Waals surface area contributed by atoms with Gasteiger partial charge >= 0.3 is 0 Å². The van der Waals surface area contributed by atoms with Gasteiger partial charge in [0.2, 0.25) is 0 Å². The second-order valence-corrected chi connectivity index (χ2v) is 8.40. The van der Waals surface area contributed by atoms with Crippen LogP contribution in [-0.2, 0) is 9.84 Å². The number of nitro groups is 1. The zero-order valence-electron chi connectivity index (χ0n) is 12.9. The molecule has 122 valence electrons. The van der Waals surface area contributed by atoms with Crippen LogP contribution in [0.5, 0.6) is 0 Å². The van der Waals surface area contributed by atoms with E-state index < -0.39 is 20.0 Å². The number of rotatable bonds is 2. The smallest absolute Gasteiger partial charge is 0.270 e. The van der Waals surface area contributed by atoms with Gasteiger partial charge in [0.25, 0.3) is 5.69 Å². The number of nitro benzene ring substituents is 1. The quantitative estimate of drug-likeness (QED) is 0.616. The lowest BCUT2D eigenvalue weighted by Gasteiger charge is -2.33. The highest BCUT2D eigenvalue weighted by Crippen LogP contribution is 2.31. The molecule has 2 heterocycles. The zero-order valence-corrected chi connectivity index (χ0v) is 13.7. The molecular weight excluding hydrogens is 318 g/mol. The fraction of sp³-hybridized carbons (Fsp3) is 0.400. The minimum Gasteiger partial charge on any atom is -0.369 e. The zero-order chi connectivity index (χ0) is 16.8. The molecule has 1 aromatic carbocycles. The van der Waals surface area contributed by atoms with Gasteiger partial charge < -0.3 is 4.90 Å². The third kappa shape index (κ3) is 2.86. The number of hydrogen-bond acceptors (Lipinski definition) is 6. The molecule has 1 unspecified atom stereocenters. The third-order valence-corrected chi connectivity index (χ3v) is 6.31. The Morgan fingerprint density at radius 2 is 2.09 bits per heavy atom. The maximum atomic E-state index is 11.9. The molecule has 0 radical (unpaired) electrons. The van der Waals surface area contributed by atoms with E-state index in [0.29, 0.717) is 24.0 Å². The maximum Gasteiger partial charge on any atom is 0.270 e. The van der Waals surface area contributed by atoms with E-state index in [1.165, 1.54) is 12.1 Å². The van der Waals surface area contributed by atoms with Crippen molar-refractivity contribution < 1.29 is 13.3 Å². The highest BCUT2D eigenvalue weighted by molar-refractivity contribution is 7.92. The summed E-state index contributed by atoms with van der Waals surface area (Å²) < 4.78 is 23.8. The average Bonchev–Trinajstić information content (AvgIpc) is 2.48. The van der Waals surface area contributed by atoms with Crippen LogP contribution in [0.3, 0.4) is 0 Å². The molecule has 1 saturated heterocycles. The van der Waals surface area contributed by atoms with Crippen LogP contribution in [0.25, 0.3) is 10.9 Å². The van der Waals surface area contributed by atoms with E-state index in [4.69, 9.17) is 0 Å². The highest BCUT2D eigenvalue weighted by atomic mass is 32.2. The van der Waals surface area contributed by atoms with Crippen LogP contribution in [0.15, 0.2) is 24.3 Å². The number of pyridine rings is 1. The van der Waals surface area contributed by atoms with Crippen LogP contribution >= 0.6 is 0 Å². The molecule has 0 bridgehead atoms. The maximum absolute atomic E-state index is 11.9. The lowest BCUT2D eigenvalue weighted by Crippen LogP contribution is -2.45. The Balaban J connectivity index is 2.12. The molecule has 0 spiro atoms. The number of aromatic nitrogens is 1. The number of non-ortho nitro benzene ring substituents is 1. The number of sulfone groups is 1. The van der Waals surface area contributed by atoms with Gasteiger partial charge in [0, 0.05) is 42.0 Å². The summed E-state index contributed by atoms with van der Waals surface area (Å²) in [6, 6.07) is 6.43. The van der Waals surface area contributed by atoms with Crippen molar-refractivity contribution in [2.45, 2.75) is 19.1 Å². The summed E-state index contributed by atoms with van der Waals surface area (Å²) in [5.41, 5.74) is 2.27. The molecule has 0 aliphatic carbocycles. The van der Waals surface area contributed by atoms with Crippen LogP contribution in [0.1, 0.15) is 12.6 Å². The Kier molecular flexibility index (Phi) is 3.71. The van der Waals surface area contributed by atoms with Gasteiger partial charge in [-0.15, -0.1) is 0 Å². The number of fused-ring (bicyclic) bond motifs is 1. The van der Waals surface area contributed by atoms with Crippen LogP contribution in [0.4, 0.5) is 11.4 Å². The van der Waals surface area contributed by atoms with Crippen molar-refractivity contribution in [1.82, 2.24) is 4.98 Å². The summed E-state index contributed by atoms with van der Waals surface area (Å²) in [5, 5.41) is 11.2. The molecule has 0 N–H and O–H groups in total. The Labute approximate surface area is 134 Å². The Morgan fingerprint density at radius 3 is 2.74 bits per heavy atom. The van der Waals surface area contributed by atoms with Crippen LogP contribution in [-0.4, -0.2) is 42.4 Å². The molecule has 7 nitrogen and oxygen atoms in total. The summed E-state index contributed by atoms with van der Waals surface area (Å²) in [5.74, 6) is 0.0892. The topological polar surface area (TPSA) is 93.4 Å². The summed E-state index contributed by atoms with van der Waals surface area (Å²) in [6.07, 6.45) is 0. The fourth-order valence-corrected chi connectivity index (χ4v) is 4.16. The fourth-order valence-electron chi connectivity index (χ4n) is 2.87. The number of aryl methyl sites for hydroxylation is 1. The van der Waals surface area contributed by atoms with Crippen LogP contribution < -0.4 is 4.90 Å². The van der Waals surface area contributed by atoms with Crippen molar-refractivity contribution in [2.24, 2.45) is 0 Å². The van der Waals surface area contributed by atoms with Gasteiger partial charge in [0.05, 0.1) is 21.4 Å². The predicted octanol–water partition coefficient (Wildman–Crippen LogP) is 2.07. The largest absolute Gasteiger partial charge is 0.369 e. The molecule has 1 aromatic heterocycles. The second-order valence-electron chi connectivity index (χ2n) is 5.86. The SMILES string of the molecule is Cc1cc(N2CCS(=O)(=O)C(C)C2)c2cc([N+](=O)[O-])ccc2n1. The molecular formula is C15H17N3O4S. The lowest BCUT2D eigenvalue weighted by atomic mass is 10.1. The standard InChI is InChI=1S/C15H17N3O4S/c1-10-7-15(17-5-6-23(21,22)11(2)9-17)13-8-12(18(19)20)3-4-14(13)16-10/h3-4,7-8,11H,5-6,9H2,1-2H3. The van der Waals surface area contributed by atoms with E-state index in [0.717, 1.165) is 11.4 Å². The van der Waals surface area contributed by atoms with Gasteiger partial charge in [0.1, 0.15) is 0 Å². The normalized spacial score (nSPS) is 20.6. The number of nitrogens with zero attached hydrogens (tertiary/aromatic N) is 3. The molecule has 1 atom stereocenters. The molecule has 1 aliphatic heterocycles. The Bertz CT molecular complexity index is 895. The van der Waals surface area contributed by atoms with Gasteiger partial charge in [-0.1, -0.05) is 0 Å². The van der Waals surface area contributed by atoms with Crippen molar-refractivity contribution >= 4 is 32.1 Å². The first kappa shape index (κ1) is 15.7. The third-order valence-electron chi connectivity index (χ3n) is 4.19. The average molecular weight is 335 g/mol. The Morgan fingerprint density at radius 1 is 1.35 bits per heavy atom. The Hall–Kier alpha value is -2.22. The van der Waals surface area contributed by atoms with E-state index in [-0.39, 0.29) is 11.4 Å². The molecule has 1 fully saturated rings. The van der Waals surface area contributed by atoms with Crippen LogP contribution in [0, 0.1) is 17.0 Å². The van der Waals surface area contributed by atoms with E-state index in [2.05, 4.69) is 4.98 Å². The van der Waals surface area contributed by atoms with Crippen molar-refractivity contribution in [2.75, 3.05) is 23.7 Å².